The summed E-state index contributed by atoms with van der Waals surface area (Å²) >= 11 is 0. The first kappa shape index (κ1) is 14.6. The van der Waals surface area contributed by atoms with E-state index in [0.29, 0.717) is 22.4 Å². The van der Waals surface area contributed by atoms with E-state index in [1.807, 2.05) is 0 Å². The Kier molecular flexibility index (Phi) is 3.70. The van der Waals surface area contributed by atoms with Crippen molar-refractivity contribution in [1.82, 2.24) is 4.57 Å². The van der Waals surface area contributed by atoms with Gasteiger partial charge in [0, 0.05) is 12.7 Å². The Balaban J connectivity index is 2.57. The molecule has 1 heterocycles. The summed E-state index contributed by atoms with van der Waals surface area (Å²) in [5, 5.41) is 17.8. The number of aliphatic carboxylic acids is 2. The van der Waals surface area contributed by atoms with Crippen LogP contribution >= 0.6 is 0 Å². The fraction of sp³-hybridized carbons (Fsp3) is 0.308. The lowest BCUT2D eigenvalue weighted by molar-refractivity contribution is -0.136. The standard InChI is InChI=1S/C13H14N2O6/c1-7-3-10-9(14(2)13(20)21-10)4-8(7)15(5-11(16)17)6-12(18)19/h3-4H,5-6H2,1-2H3,(H,16,17)(H,18,19). The van der Waals surface area contributed by atoms with Crippen molar-refractivity contribution in [1.29, 1.82) is 0 Å². The number of hydrogen-bond acceptors (Lipinski definition) is 5. The maximum absolute atomic E-state index is 11.5. The van der Waals surface area contributed by atoms with Crippen molar-refractivity contribution < 1.29 is 24.2 Å². The predicted octanol–water partition coefficient (Wildman–Crippen LogP) is 0.416. The lowest BCUT2D eigenvalue weighted by atomic mass is 10.1. The van der Waals surface area contributed by atoms with E-state index in [2.05, 4.69) is 0 Å². The summed E-state index contributed by atoms with van der Waals surface area (Å²) in [5.41, 5.74) is 1.90. The van der Waals surface area contributed by atoms with Gasteiger partial charge in [0.15, 0.2) is 5.58 Å². The summed E-state index contributed by atoms with van der Waals surface area (Å²) in [4.78, 5) is 34.5. The van der Waals surface area contributed by atoms with Gasteiger partial charge in [-0.05, 0) is 24.6 Å². The maximum atomic E-state index is 11.5. The van der Waals surface area contributed by atoms with Crippen LogP contribution in [0, 0.1) is 6.92 Å². The van der Waals surface area contributed by atoms with Crippen LogP contribution in [0.15, 0.2) is 21.3 Å². The van der Waals surface area contributed by atoms with Crippen LogP contribution in [0.2, 0.25) is 0 Å². The van der Waals surface area contributed by atoms with E-state index in [0.717, 1.165) is 0 Å². The molecule has 0 amide bonds. The number of fused-ring (bicyclic) bond motifs is 1. The van der Waals surface area contributed by atoms with Crippen LogP contribution < -0.4 is 10.7 Å². The van der Waals surface area contributed by atoms with Crippen molar-refractivity contribution in [3.05, 3.63) is 28.2 Å². The molecular weight excluding hydrogens is 280 g/mol. The quantitative estimate of drug-likeness (QED) is 0.821. The van der Waals surface area contributed by atoms with Crippen LogP contribution in [0.25, 0.3) is 11.1 Å². The number of nitrogens with zero attached hydrogens (tertiary/aromatic N) is 2. The van der Waals surface area contributed by atoms with Crippen LogP contribution in [0.1, 0.15) is 5.56 Å². The minimum atomic E-state index is -1.14. The number of anilines is 1. The van der Waals surface area contributed by atoms with Gasteiger partial charge < -0.3 is 19.5 Å². The second-order valence-electron chi connectivity index (χ2n) is 4.68. The van der Waals surface area contributed by atoms with Crippen LogP contribution in [0.4, 0.5) is 5.69 Å². The number of carbonyl (C=O) groups is 2. The highest BCUT2D eigenvalue weighted by Gasteiger charge is 2.18. The van der Waals surface area contributed by atoms with Crippen molar-refractivity contribution in [2.24, 2.45) is 7.05 Å². The number of aryl methyl sites for hydroxylation is 2. The summed E-state index contributed by atoms with van der Waals surface area (Å²) in [6.07, 6.45) is 0. The van der Waals surface area contributed by atoms with Gasteiger partial charge in [-0.15, -0.1) is 0 Å². The van der Waals surface area contributed by atoms with E-state index in [-0.39, 0.29) is 0 Å². The third-order valence-electron chi connectivity index (χ3n) is 3.10. The van der Waals surface area contributed by atoms with E-state index < -0.39 is 30.8 Å². The molecule has 0 radical (unpaired) electrons. The van der Waals surface area contributed by atoms with Crippen molar-refractivity contribution in [2.75, 3.05) is 18.0 Å². The molecule has 0 fully saturated rings. The van der Waals surface area contributed by atoms with Gasteiger partial charge in [0.2, 0.25) is 0 Å². The van der Waals surface area contributed by atoms with Gasteiger partial charge in [-0.1, -0.05) is 0 Å². The number of rotatable bonds is 5. The number of hydrogen-bond donors (Lipinski definition) is 2. The monoisotopic (exact) mass is 294 g/mol. The Bertz CT molecular complexity index is 757. The van der Waals surface area contributed by atoms with Gasteiger partial charge in [0.05, 0.1) is 5.52 Å². The first-order valence-corrected chi connectivity index (χ1v) is 6.08. The Hall–Kier alpha value is -2.77. The Morgan fingerprint density at radius 3 is 2.33 bits per heavy atom. The molecule has 2 N–H and O–H groups in total. The lowest BCUT2D eigenvalue weighted by Gasteiger charge is -2.22. The van der Waals surface area contributed by atoms with E-state index in [1.54, 1.807) is 19.1 Å². The Labute approximate surface area is 118 Å². The highest BCUT2D eigenvalue weighted by Crippen LogP contribution is 2.26. The van der Waals surface area contributed by atoms with Crippen LogP contribution in [-0.4, -0.2) is 39.8 Å². The largest absolute Gasteiger partial charge is 0.480 e. The molecule has 0 aliphatic rings. The van der Waals surface area contributed by atoms with E-state index >= 15 is 0 Å². The van der Waals surface area contributed by atoms with Crippen LogP contribution in [0.5, 0.6) is 0 Å². The number of oxazole rings is 1. The third kappa shape index (κ3) is 2.88. The molecule has 2 rings (SSSR count). The third-order valence-corrected chi connectivity index (χ3v) is 3.10. The normalized spacial score (nSPS) is 10.8. The highest BCUT2D eigenvalue weighted by molar-refractivity contribution is 5.85. The number of aromatic nitrogens is 1. The number of benzene rings is 1. The van der Waals surface area contributed by atoms with E-state index in [1.165, 1.54) is 16.5 Å². The molecule has 0 saturated carbocycles. The maximum Gasteiger partial charge on any atom is 0.419 e. The van der Waals surface area contributed by atoms with E-state index in [4.69, 9.17) is 14.6 Å². The molecule has 0 aliphatic carbocycles. The van der Waals surface area contributed by atoms with Gasteiger partial charge in [0.25, 0.3) is 0 Å². The molecule has 0 spiro atoms. The van der Waals surface area contributed by atoms with Crippen molar-refractivity contribution in [2.45, 2.75) is 6.92 Å². The number of carboxylic acids is 2. The van der Waals surface area contributed by atoms with Gasteiger partial charge in [0.1, 0.15) is 13.1 Å². The zero-order valence-electron chi connectivity index (χ0n) is 11.5. The summed E-state index contributed by atoms with van der Waals surface area (Å²) in [6.45, 7) is 0.785. The lowest BCUT2D eigenvalue weighted by Crippen LogP contribution is -2.34. The van der Waals surface area contributed by atoms with Gasteiger partial charge in [-0.3, -0.25) is 14.2 Å². The first-order chi connectivity index (χ1) is 9.79. The van der Waals surface area contributed by atoms with Crippen molar-refractivity contribution in [3.63, 3.8) is 0 Å². The minimum Gasteiger partial charge on any atom is -0.480 e. The summed E-state index contributed by atoms with van der Waals surface area (Å²) < 4.78 is 6.31. The molecule has 0 unspecified atom stereocenters. The molecule has 1 aromatic carbocycles. The molecule has 0 saturated heterocycles. The molecule has 112 valence electrons. The average Bonchev–Trinajstić information content (AvgIpc) is 2.61. The minimum absolute atomic E-state index is 0.370. The second kappa shape index (κ2) is 5.31. The fourth-order valence-corrected chi connectivity index (χ4v) is 2.16. The molecule has 1 aromatic heterocycles. The zero-order valence-corrected chi connectivity index (χ0v) is 11.5. The summed E-state index contributed by atoms with van der Waals surface area (Å²) in [6, 6.07) is 3.14. The number of carboxylic acid groups (broad SMARTS) is 2. The average molecular weight is 294 g/mol. The molecular formula is C13H14N2O6. The predicted molar refractivity (Wildman–Crippen MR) is 73.7 cm³/mol. The first-order valence-electron chi connectivity index (χ1n) is 6.08. The zero-order chi connectivity index (χ0) is 15.7. The SMILES string of the molecule is Cc1cc2oc(=O)n(C)c2cc1N(CC(=O)O)CC(=O)O. The van der Waals surface area contributed by atoms with E-state index in [9.17, 15) is 14.4 Å². The van der Waals surface area contributed by atoms with Gasteiger partial charge in [-0.25, -0.2) is 4.79 Å². The molecule has 8 heteroatoms. The topological polar surface area (TPSA) is 113 Å². The summed E-state index contributed by atoms with van der Waals surface area (Å²) in [7, 11) is 1.52. The van der Waals surface area contributed by atoms with Crippen molar-refractivity contribution >= 4 is 28.7 Å². The molecule has 21 heavy (non-hydrogen) atoms. The van der Waals surface area contributed by atoms with Crippen molar-refractivity contribution in [3.8, 4) is 0 Å². The Morgan fingerprint density at radius 2 is 1.81 bits per heavy atom. The second-order valence-corrected chi connectivity index (χ2v) is 4.68. The highest BCUT2D eigenvalue weighted by atomic mass is 16.4. The fourth-order valence-electron chi connectivity index (χ4n) is 2.16. The Morgan fingerprint density at radius 1 is 1.24 bits per heavy atom. The van der Waals surface area contributed by atoms with Crippen LogP contribution in [-0.2, 0) is 16.6 Å². The molecule has 2 aromatic rings. The smallest absolute Gasteiger partial charge is 0.419 e. The van der Waals surface area contributed by atoms with Crippen LogP contribution in [0.3, 0.4) is 0 Å². The molecule has 8 nitrogen and oxygen atoms in total. The van der Waals surface area contributed by atoms with Gasteiger partial charge >= 0.3 is 17.7 Å². The molecule has 0 aliphatic heterocycles. The summed E-state index contributed by atoms with van der Waals surface area (Å²) in [5.74, 6) is -2.82. The van der Waals surface area contributed by atoms with Gasteiger partial charge in [-0.2, -0.15) is 0 Å². The molecule has 0 bridgehead atoms. The molecule has 0 atom stereocenters.